The largest absolute Gasteiger partial charge is 0.481 e. The fraction of sp³-hybridized carbons (Fsp3) is 0.438. The van der Waals surface area contributed by atoms with Crippen LogP contribution in [0, 0.1) is 11.8 Å². The Bertz CT molecular complexity index is 581. The standard InChI is InChI=1S/C16H18O2S/c17-16(18)14(11-5-1-2-6-11)9-12-10-19-15-8-4-3-7-13(12)15/h3-4,7-8,10-11,14H,1-2,5-6,9H2,(H,17,18). The molecule has 100 valence electrons. The fourth-order valence-corrected chi connectivity index (χ4v) is 4.22. The third-order valence-corrected chi connectivity index (χ3v) is 5.30. The molecule has 0 bridgehead atoms. The van der Waals surface area contributed by atoms with Gasteiger partial charge < -0.3 is 5.11 Å². The molecular formula is C16H18O2S. The lowest BCUT2D eigenvalue weighted by Crippen LogP contribution is -2.23. The van der Waals surface area contributed by atoms with Crippen molar-refractivity contribution in [3.63, 3.8) is 0 Å². The zero-order chi connectivity index (χ0) is 13.2. The van der Waals surface area contributed by atoms with Gasteiger partial charge in [0.2, 0.25) is 0 Å². The Labute approximate surface area is 117 Å². The fourth-order valence-electron chi connectivity index (χ4n) is 3.24. The summed E-state index contributed by atoms with van der Waals surface area (Å²) in [4.78, 5) is 11.6. The van der Waals surface area contributed by atoms with E-state index in [9.17, 15) is 9.90 Å². The molecule has 1 N–H and O–H groups in total. The van der Waals surface area contributed by atoms with Gasteiger partial charge in [0, 0.05) is 4.70 Å². The minimum absolute atomic E-state index is 0.208. The molecule has 19 heavy (non-hydrogen) atoms. The van der Waals surface area contributed by atoms with E-state index < -0.39 is 5.97 Å². The van der Waals surface area contributed by atoms with Gasteiger partial charge in [-0.25, -0.2) is 0 Å². The molecule has 1 fully saturated rings. The van der Waals surface area contributed by atoms with Crippen LogP contribution in [-0.2, 0) is 11.2 Å². The van der Waals surface area contributed by atoms with Gasteiger partial charge in [-0.05, 0) is 47.6 Å². The highest BCUT2D eigenvalue weighted by molar-refractivity contribution is 7.17. The van der Waals surface area contributed by atoms with E-state index in [4.69, 9.17) is 0 Å². The van der Waals surface area contributed by atoms with Gasteiger partial charge in [-0.3, -0.25) is 4.79 Å². The summed E-state index contributed by atoms with van der Waals surface area (Å²) < 4.78 is 1.26. The Morgan fingerprint density at radius 3 is 2.79 bits per heavy atom. The number of hydrogen-bond acceptors (Lipinski definition) is 2. The molecule has 3 heteroatoms. The van der Waals surface area contributed by atoms with E-state index in [1.807, 2.05) is 12.1 Å². The van der Waals surface area contributed by atoms with Crippen LogP contribution in [0.15, 0.2) is 29.6 Å². The molecule has 0 spiro atoms. The molecular weight excluding hydrogens is 256 g/mol. The summed E-state index contributed by atoms with van der Waals surface area (Å²) in [5.74, 6) is -0.459. The number of carbonyl (C=O) groups is 1. The van der Waals surface area contributed by atoms with E-state index in [0.29, 0.717) is 12.3 Å². The number of aliphatic carboxylic acids is 1. The second kappa shape index (κ2) is 5.33. The summed E-state index contributed by atoms with van der Waals surface area (Å²) in [5.41, 5.74) is 1.21. The normalized spacial score (nSPS) is 17.9. The topological polar surface area (TPSA) is 37.3 Å². The summed E-state index contributed by atoms with van der Waals surface area (Å²) in [5, 5.41) is 12.9. The van der Waals surface area contributed by atoms with Crippen molar-refractivity contribution in [3.8, 4) is 0 Å². The molecule has 1 atom stereocenters. The van der Waals surface area contributed by atoms with Gasteiger partial charge in [-0.1, -0.05) is 31.0 Å². The maximum absolute atomic E-state index is 11.6. The molecule has 1 aromatic heterocycles. The van der Waals surface area contributed by atoms with Crippen molar-refractivity contribution in [1.82, 2.24) is 0 Å². The van der Waals surface area contributed by atoms with Crippen molar-refractivity contribution in [2.45, 2.75) is 32.1 Å². The quantitative estimate of drug-likeness (QED) is 0.900. The summed E-state index contributed by atoms with van der Waals surface area (Å²) in [6.07, 6.45) is 5.24. The first-order valence-corrected chi connectivity index (χ1v) is 7.81. The maximum atomic E-state index is 11.6. The third-order valence-electron chi connectivity index (χ3n) is 4.29. The molecule has 1 aliphatic carbocycles. The highest BCUT2D eigenvalue weighted by Crippen LogP contribution is 2.35. The van der Waals surface area contributed by atoms with E-state index in [-0.39, 0.29) is 5.92 Å². The number of fused-ring (bicyclic) bond motifs is 1. The van der Waals surface area contributed by atoms with Crippen LogP contribution >= 0.6 is 11.3 Å². The van der Waals surface area contributed by atoms with Gasteiger partial charge in [0.15, 0.2) is 0 Å². The zero-order valence-corrected chi connectivity index (χ0v) is 11.7. The lowest BCUT2D eigenvalue weighted by Gasteiger charge is -2.18. The first-order valence-electron chi connectivity index (χ1n) is 6.93. The molecule has 0 aliphatic heterocycles. The molecule has 1 saturated carbocycles. The summed E-state index contributed by atoms with van der Waals surface area (Å²) >= 11 is 1.72. The molecule has 0 saturated heterocycles. The van der Waals surface area contributed by atoms with Crippen LogP contribution in [0.4, 0.5) is 0 Å². The molecule has 0 radical (unpaired) electrons. The number of hydrogen-bond donors (Lipinski definition) is 1. The molecule has 0 amide bonds. The Morgan fingerprint density at radius 2 is 2.05 bits per heavy atom. The van der Waals surface area contributed by atoms with E-state index >= 15 is 0 Å². The first kappa shape index (κ1) is 12.7. The van der Waals surface area contributed by atoms with Crippen molar-refractivity contribution >= 4 is 27.4 Å². The summed E-state index contributed by atoms with van der Waals surface area (Å²) in [6, 6.07) is 8.28. The SMILES string of the molecule is O=C(O)C(Cc1csc2ccccc12)C1CCCC1. The molecule has 3 rings (SSSR count). The van der Waals surface area contributed by atoms with Crippen molar-refractivity contribution in [2.75, 3.05) is 0 Å². The Hall–Kier alpha value is -1.35. The molecule has 2 aromatic rings. The van der Waals surface area contributed by atoms with Gasteiger partial charge in [0.25, 0.3) is 0 Å². The van der Waals surface area contributed by atoms with Crippen molar-refractivity contribution in [1.29, 1.82) is 0 Å². The number of carboxylic acid groups (broad SMARTS) is 1. The monoisotopic (exact) mass is 274 g/mol. The highest BCUT2D eigenvalue weighted by atomic mass is 32.1. The predicted octanol–water partition coefficient (Wildman–Crippen LogP) is 4.33. The molecule has 1 aliphatic rings. The van der Waals surface area contributed by atoms with Crippen LogP contribution in [0.5, 0.6) is 0 Å². The highest BCUT2D eigenvalue weighted by Gasteiger charge is 2.31. The van der Waals surface area contributed by atoms with Crippen molar-refractivity contribution in [2.24, 2.45) is 11.8 Å². The van der Waals surface area contributed by atoms with E-state index in [0.717, 1.165) is 12.8 Å². The van der Waals surface area contributed by atoms with Crippen LogP contribution in [-0.4, -0.2) is 11.1 Å². The summed E-state index contributed by atoms with van der Waals surface area (Å²) in [7, 11) is 0. The molecule has 1 heterocycles. The minimum Gasteiger partial charge on any atom is -0.481 e. The van der Waals surface area contributed by atoms with Crippen molar-refractivity contribution in [3.05, 3.63) is 35.2 Å². The zero-order valence-electron chi connectivity index (χ0n) is 10.8. The molecule has 1 aromatic carbocycles. The van der Waals surface area contributed by atoms with Crippen LogP contribution < -0.4 is 0 Å². The van der Waals surface area contributed by atoms with Crippen LogP contribution in [0.25, 0.3) is 10.1 Å². The van der Waals surface area contributed by atoms with Crippen LogP contribution in [0.1, 0.15) is 31.2 Å². The van der Waals surface area contributed by atoms with E-state index in [1.165, 1.54) is 28.5 Å². The number of benzene rings is 1. The smallest absolute Gasteiger partial charge is 0.307 e. The van der Waals surface area contributed by atoms with Crippen LogP contribution in [0.3, 0.4) is 0 Å². The summed E-state index contributed by atoms with van der Waals surface area (Å²) in [6.45, 7) is 0. The lowest BCUT2D eigenvalue weighted by molar-refractivity contribution is -0.143. The Morgan fingerprint density at radius 1 is 1.32 bits per heavy atom. The van der Waals surface area contributed by atoms with Crippen LogP contribution in [0.2, 0.25) is 0 Å². The predicted molar refractivity (Wildman–Crippen MR) is 78.6 cm³/mol. The average molecular weight is 274 g/mol. The van der Waals surface area contributed by atoms with E-state index in [2.05, 4.69) is 17.5 Å². The second-order valence-electron chi connectivity index (χ2n) is 5.45. The number of carboxylic acids is 1. The Balaban J connectivity index is 1.87. The van der Waals surface area contributed by atoms with Gasteiger partial charge in [-0.2, -0.15) is 0 Å². The maximum Gasteiger partial charge on any atom is 0.307 e. The number of thiophene rings is 1. The van der Waals surface area contributed by atoms with Gasteiger partial charge in [0.1, 0.15) is 0 Å². The Kier molecular flexibility index (Phi) is 3.56. The van der Waals surface area contributed by atoms with Gasteiger partial charge in [-0.15, -0.1) is 11.3 Å². The number of rotatable bonds is 4. The lowest BCUT2D eigenvalue weighted by atomic mass is 9.85. The van der Waals surface area contributed by atoms with Gasteiger partial charge in [0.05, 0.1) is 5.92 Å². The second-order valence-corrected chi connectivity index (χ2v) is 6.36. The third kappa shape index (κ3) is 2.52. The van der Waals surface area contributed by atoms with Crippen molar-refractivity contribution < 1.29 is 9.90 Å². The van der Waals surface area contributed by atoms with Gasteiger partial charge >= 0.3 is 5.97 Å². The first-order chi connectivity index (χ1) is 9.25. The minimum atomic E-state index is -0.623. The molecule has 2 nitrogen and oxygen atoms in total. The molecule has 1 unspecified atom stereocenters. The average Bonchev–Trinajstić information content (AvgIpc) is 3.05. The van der Waals surface area contributed by atoms with E-state index in [1.54, 1.807) is 11.3 Å².